The molecule has 3 aromatic rings. The molecule has 3 rings (SSSR count). The fraction of sp³-hybridized carbons (Fsp3) is 0.304. The summed E-state index contributed by atoms with van der Waals surface area (Å²) in [5.41, 5.74) is 5.17. The molecule has 0 saturated heterocycles. The van der Waals surface area contributed by atoms with E-state index in [1.54, 1.807) is 11.3 Å². The third-order valence-electron chi connectivity index (χ3n) is 4.51. The highest BCUT2D eigenvalue weighted by Gasteiger charge is 2.06. The van der Waals surface area contributed by atoms with Crippen LogP contribution in [0.15, 0.2) is 53.9 Å². The Morgan fingerprint density at radius 3 is 2.57 bits per heavy atom. The number of rotatable bonds is 9. The van der Waals surface area contributed by atoms with Crippen LogP contribution in [0.2, 0.25) is 0 Å². The van der Waals surface area contributed by atoms with Crippen molar-refractivity contribution >= 4 is 33.8 Å². The lowest BCUT2D eigenvalue weighted by Gasteiger charge is -2.06. The SMILES string of the molecule is CCCCCCc1ccc(-c2csc(Nc3cccc(NC(C)=O)c3)n2)cc1. The van der Waals surface area contributed by atoms with Gasteiger partial charge in [-0.1, -0.05) is 56.5 Å². The van der Waals surface area contributed by atoms with Crippen molar-refractivity contribution in [2.45, 2.75) is 46.0 Å². The second kappa shape index (κ2) is 10.0. The number of hydrogen-bond acceptors (Lipinski definition) is 4. The molecule has 146 valence electrons. The summed E-state index contributed by atoms with van der Waals surface area (Å²) in [5, 5.41) is 9.01. The Morgan fingerprint density at radius 2 is 1.82 bits per heavy atom. The van der Waals surface area contributed by atoms with Gasteiger partial charge in [-0.15, -0.1) is 11.3 Å². The van der Waals surface area contributed by atoms with Gasteiger partial charge >= 0.3 is 0 Å². The number of thiazole rings is 1. The lowest BCUT2D eigenvalue weighted by molar-refractivity contribution is -0.114. The lowest BCUT2D eigenvalue weighted by Crippen LogP contribution is -2.05. The molecule has 0 unspecified atom stereocenters. The van der Waals surface area contributed by atoms with Gasteiger partial charge in [0.25, 0.3) is 0 Å². The highest BCUT2D eigenvalue weighted by molar-refractivity contribution is 7.14. The molecule has 0 aliphatic carbocycles. The summed E-state index contributed by atoms with van der Waals surface area (Å²) in [5.74, 6) is -0.0810. The summed E-state index contributed by atoms with van der Waals surface area (Å²) in [6.45, 7) is 3.75. The van der Waals surface area contributed by atoms with E-state index in [1.165, 1.54) is 38.2 Å². The lowest BCUT2D eigenvalue weighted by atomic mass is 10.0. The minimum atomic E-state index is -0.0810. The van der Waals surface area contributed by atoms with Crippen LogP contribution in [0.5, 0.6) is 0 Å². The van der Waals surface area contributed by atoms with E-state index in [9.17, 15) is 4.79 Å². The van der Waals surface area contributed by atoms with Crippen LogP contribution in [-0.4, -0.2) is 10.9 Å². The predicted octanol–water partition coefficient (Wildman–Crippen LogP) is 6.63. The van der Waals surface area contributed by atoms with E-state index in [0.717, 1.165) is 34.2 Å². The molecule has 0 bridgehead atoms. The van der Waals surface area contributed by atoms with Crippen LogP contribution in [-0.2, 0) is 11.2 Å². The summed E-state index contributed by atoms with van der Waals surface area (Å²) in [6.07, 6.45) is 6.31. The van der Waals surface area contributed by atoms with Crippen molar-refractivity contribution in [3.05, 3.63) is 59.5 Å². The van der Waals surface area contributed by atoms with E-state index in [2.05, 4.69) is 47.2 Å². The maximum atomic E-state index is 11.2. The third kappa shape index (κ3) is 5.92. The summed E-state index contributed by atoms with van der Waals surface area (Å²) in [6, 6.07) is 16.4. The number of hydrogen-bond donors (Lipinski definition) is 2. The number of nitrogens with one attached hydrogen (secondary N) is 2. The molecule has 28 heavy (non-hydrogen) atoms. The molecule has 5 heteroatoms. The summed E-state index contributed by atoms with van der Waals surface area (Å²) in [4.78, 5) is 15.9. The topological polar surface area (TPSA) is 54.0 Å². The first-order valence-electron chi connectivity index (χ1n) is 9.83. The maximum Gasteiger partial charge on any atom is 0.221 e. The van der Waals surface area contributed by atoms with Crippen molar-refractivity contribution in [3.8, 4) is 11.3 Å². The van der Waals surface area contributed by atoms with Gasteiger partial charge in [0.2, 0.25) is 5.91 Å². The smallest absolute Gasteiger partial charge is 0.221 e. The number of nitrogens with zero attached hydrogens (tertiary/aromatic N) is 1. The number of unbranched alkanes of at least 4 members (excludes halogenated alkanes) is 3. The standard InChI is InChI=1S/C23H27N3OS/c1-3-4-5-6-8-18-11-13-19(14-12-18)22-16-28-23(26-22)25-21-10-7-9-20(15-21)24-17(2)27/h7,9-16H,3-6,8H2,1-2H3,(H,24,27)(H,25,26). The number of aryl methyl sites for hydroxylation is 1. The maximum absolute atomic E-state index is 11.2. The van der Waals surface area contributed by atoms with Crippen LogP contribution in [0.1, 0.15) is 45.1 Å². The average molecular weight is 394 g/mol. The molecular formula is C23H27N3OS. The summed E-state index contributed by atoms with van der Waals surface area (Å²) < 4.78 is 0. The molecule has 0 atom stereocenters. The Bertz CT molecular complexity index is 902. The highest BCUT2D eigenvalue weighted by atomic mass is 32.1. The van der Waals surface area contributed by atoms with E-state index < -0.39 is 0 Å². The minimum absolute atomic E-state index is 0.0810. The van der Waals surface area contributed by atoms with Gasteiger partial charge in [-0.25, -0.2) is 4.98 Å². The predicted molar refractivity (Wildman–Crippen MR) is 119 cm³/mol. The fourth-order valence-corrected chi connectivity index (χ4v) is 3.80. The van der Waals surface area contributed by atoms with Crippen LogP contribution < -0.4 is 10.6 Å². The van der Waals surface area contributed by atoms with Crippen molar-refractivity contribution < 1.29 is 4.79 Å². The Labute approximate surface area is 171 Å². The van der Waals surface area contributed by atoms with Crippen molar-refractivity contribution in [2.75, 3.05) is 10.6 Å². The molecule has 0 aliphatic heterocycles. The zero-order valence-corrected chi connectivity index (χ0v) is 17.3. The second-order valence-corrected chi connectivity index (χ2v) is 7.79. The minimum Gasteiger partial charge on any atom is -0.331 e. The number of carbonyl (C=O) groups is 1. The van der Waals surface area contributed by atoms with E-state index in [-0.39, 0.29) is 5.91 Å². The summed E-state index contributed by atoms with van der Waals surface area (Å²) in [7, 11) is 0. The number of aromatic nitrogens is 1. The molecular weight excluding hydrogens is 366 g/mol. The van der Waals surface area contributed by atoms with E-state index in [1.807, 2.05) is 24.3 Å². The van der Waals surface area contributed by atoms with E-state index in [4.69, 9.17) is 4.98 Å². The molecule has 0 radical (unpaired) electrons. The number of carbonyl (C=O) groups excluding carboxylic acids is 1. The van der Waals surface area contributed by atoms with Crippen molar-refractivity contribution in [2.24, 2.45) is 0 Å². The largest absolute Gasteiger partial charge is 0.331 e. The van der Waals surface area contributed by atoms with Crippen molar-refractivity contribution in [1.82, 2.24) is 4.98 Å². The Hall–Kier alpha value is -2.66. The molecule has 0 fully saturated rings. The van der Waals surface area contributed by atoms with Crippen LogP contribution in [0.25, 0.3) is 11.3 Å². The first-order chi connectivity index (χ1) is 13.6. The van der Waals surface area contributed by atoms with Crippen LogP contribution in [0, 0.1) is 0 Å². The fourth-order valence-electron chi connectivity index (χ4n) is 3.06. The zero-order chi connectivity index (χ0) is 19.8. The van der Waals surface area contributed by atoms with Gasteiger partial charge in [-0.05, 0) is 36.6 Å². The van der Waals surface area contributed by atoms with E-state index in [0.29, 0.717) is 0 Å². The van der Waals surface area contributed by atoms with Crippen LogP contribution in [0.3, 0.4) is 0 Å². The van der Waals surface area contributed by atoms with Crippen LogP contribution in [0.4, 0.5) is 16.5 Å². The Morgan fingerprint density at radius 1 is 1.04 bits per heavy atom. The van der Waals surface area contributed by atoms with Crippen molar-refractivity contribution in [3.63, 3.8) is 0 Å². The molecule has 0 spiro atoms. The molecule has 1 aromatic heterocycles. The first kappa shape index (κ1) is 20.1. The monoisotopic (exact) mass is 393 g/mol. The van der Waals surface area contributed by atoms with Gasteiger partial charge in [-0.3, -0.25) is 4.79 Å². The summed E-state index contributed by atoms with van der Waals surface area (Å²) >= 11 is 1.57. The normalized spacial score (nSPS) is 10.6. The third-order valence-corrected chi connectivity index (χ3v) is 5.26. The number of benzene rings is 2. The van der Waals surface area contributed by atoms with Gasteiger partial charge in [0.15, 0.2) is 5.13 Å². The molecule has 1 heterocycles. The zero-order valence-electron chi connectivity index (χ0n) is 16.5. The molecule has 0 saturated carbocycles. The molecule has 2 N–H and O–H groups in total. The van der Waals surface area contributed by atoms with Crippen molar-refractivity contribution in [1.29, 1.82) is 0 Å². The van der Waals surface area contributed by atoms with Gasteiger partial charge in [0.1, 0.15) is 0 Å². The molecule has 0 aliphatic rings. The second-order valence-electron chi connectivity index (χ2n) is 6.93. The van der Waals surface area contributed by atoms with Gasteiger partial charge in [0.05, 0.1) is 5.69 Å². The average Bonchev–Trinajstić information content (AvgIpc) is 3.14. The highest BCUT2D eigenvalue weighted by Crippen LogP contribution is 2.28. The Balaban J connectivity index is 1.61. The molecule has 4 nitrogen and oxygen atoms in total. The van der Waals surface area contributed by atoms with Gasteiger partial charge in [-0.2, -0.15) is 0 Å². The van der Waals surface area contributed by atoms with Gasteiger partial charge in [0, 0.05) is 29.2 Å². The Kier molecular flexibility index (Phi) is 7.20. The van der Waals surface area contributed by atoms with E-state index >= 15 is 0 Å². The van der Waals surface area contributed by atoms with Crippen LogP contribution >= 0.6 is 11.3 Å². The first-order valence-corrected chi connectivity index (χ1v) is 10.7. The number of anilines is 3. The molecule has 2 aromatic carbocycles. The molecule has 1 amide bonds. The number of amides is 1. The van der Waals surface area contributed by atoms with Gasteiger partial charge < -0.3 is 10.6 Å². The quantitative estimate of drug-likeness (QED) is 0.401.